The number of methoxy groups -OCH3 is 1. The van der Waals surface area contributed by atoms with Crippen LogP contribution in [-0.2, 0) is 20.7 Å². The molecule has 4 rings (SSSR count). The largest absolute Gasteiger partial charge is 0.507 e. The number of aliphatic hydroxyl groups is 3. The summed E-state index contributed by atoms with van der Waals surface area (Å²) in [5, 5.41) is 41.2. The first-order chi connectivity index (χ1) is 13.7. The van der Waals surface area contributed by atoms with Crippen LogP contribution in [0.3, 0.4) is 0 Å². The van der Waals surface area contributed by atoms with Gasteiger partial charge in [-0.25, -0.2) is 0 Å². The van der Waals surface area contributed by atoms with Gasteiger partial charge in [-0.2, -0.15) is 0 Å². The number of phenolic OH excluding ortho intramolecular Hbond substituents is 1. The van der Waals surface area contributed by atoms with Crippen molar-refractivity contribution < 1.29 is 39.5 Å². The second kappa shape index (κ2) is 6.62. The molecule has 1 aromatic rings. The van der Waals surface area contributed by atoms with Crippen LogP contribution < -0.4 is 0 Å². The summed E-state index contributed by atoms with van der Waals surface area (Å²) in [6.45, 7) is -1.01. The van der Waals surface area contributed by atoms with Gasteiger partial charge in [0.1, 0.15) is 18.1 Å². The van der Waals surface area contributed by atoms with Gasteiger partial charge in [0, 0.05) is 23.8 Å². The summed E-state index contributed by atoms with van der Waals surface area (Å²) in [7, 11) is 1.53. The minimum atomic E-state index is -2.34. The van der Waals surface area contributed by atoms with E-state index in [1.54, 1.807) is 6.07 Å². The van der Waals surface area contributed by atoms with E-state index in [9.17, 15) is 29.7 Å². The molecule has 0 saturated carbocycles. The predicted octanol–water partition coefficient (Wildman–Crippen LogP) is 1.07. The van der Waals surface area contributed by atoms with Crippen LogP contribution >= 0.6 is 0 Å². The molecule has 0 saturated heterocycles. The molecule has 2 atom stereocenters. The molecule has 29 heavy (non-hydrogen) atoms. The number of ether oxygens (including phenoxy) is 1. The monoisotopic (exact) mass is 400 g/mol. The fourth-order valence-electron chi connectivity index (χ4n) is 4.43. The molecule has 0 radical (unpaired) electrons. The number of fused-ring (bicyclic) bond motifs is 3. The Morgan fingerprint density at radius 3 is 2.69 bits per heavy atom. The number of hydrogen-bond donors (Lipinski definition) is 4. The second-order valence-corrected chi connectivity index (χ2v) is 7.55. The molecule has 0 aromatic heterocycles. The Hall–Kier alpha value is -2.81. The molecule has 0 fully saturated rings. The Kier molecular flexibility index (Phi) is 4.45. The number of hydrogen-bond acceptors (Lipinski definition) is 8. The summed E-state index contributed by atoms with van der Waals surface area (Å²) in [6, 6.07) is 1.56. The van der Waals surface area contributed by atoms with E-state index in [2.05, 4.69) is 0 Å². The number of phenols is 1. The van der Waals surface area contributed by atoms with Gasteiger partial charge >= 0.3 is 0 Å². The van der Waals surface area contributed by atoms with E-state index in [0.717, 1.165) is 12.5 Å². The summed E-state index contributed by atoms with van der Waals surface area (Å²) in [4.78, 5) is 37.7. The Bertz CT molecular complexity index is 1030. The first-order valence-corrected chi connectivity index (χ1v) is 9.26. The number of allylic oxidation sites excluding steroid dienone is 2. The van der Waals surface area contributed by atoms with Gasteiger partial charge in [0.2, 0.25) is 0 Å². The van der Waals surface area contributed by atoms with Crippen molar-refractivity contribution in [2.45, 2.75) is 37.4 Å². The van der Waals surface area contributed by atoms with Crippen molar-refractivity contribution in [1.82, 2.24) is 0 Å². The van der Waals surface area contributed by atoms with E-state index in [0.29, 0.717) is 24.0 Å². The number of aromatic hydroxyl groups is 1. The van der Waals surface area contributed by atoms with Crippen LogP contribution in [0.5, 0.6) is 5.75 Å². The predicted molar refractivity (Wildman–Crippen MR) is 99.4 cm³/mol. The van der Waals surface area contributed by atoms with Gasteiger partial charge in [-0.3, -0.25) is 14.4 Å². The number of carbonyl (C=O) groups excluding carboxylic acids is 3. The zero-order valence-electron chi connectivity index (χ0n) is 15.7. The topological polar surface area (TPSA) is 141 Å². The lowest BCUT2D eigenvalue weighted by Gasteiger charge is -2.33. The molecule has 0 spiro atoms. The highest BCUT2D eigenvalue weighted by Crippen LogP contribution is 2.47. The van der Waals surface area contributed by atoms with Crippen molar-refractivity contribution in [3.8, 4) is 5.75 Å². The molecule has 0 amide bonds. The fourth-order valence-corrected chi connectivity index (χ4v) is 4.43. The van der Waals surface area contributed by atoms with Crippen molar-refractivity contribution in [3.63, 3.8) is 0 Å². The Morgan fingerprint density at radius 2 is 2.03 bits per heavy atom. The lowest BCUT2D eigenvalue weighted by Crippen LogP contribution is -2.45. The van der Waals surface area contributed by atoms with Gasteiger partial charge in [-0.05, 0) is 37.0 Å². The molecule has 0 heterocycles. The van der Waals surface area contributed by atoms with Gasteiger partial charge in [0.05, 0.1) is 23.7 Å². The van der Waals surface area contributed by atoms with Crippen molar-refractivity contribution in [2.75, 3.05) is 13.7 Å². The zero-order valence-corrected chi connectivity index (χ0v) is 15.7. The molecule has 4 N–H and O–H groups in total. The molecule has 3 aliphatic carbocycles. The summed E-state index contributed by atoms with van der Waals surface area (Å²) in [5.74, 6) is -3.40. The SMILES string of the molecule is COC1CCCc2c1cc1c(c2O)C(=O)C2=CC(O)(C(=O)CO)CC(=O)C2=C1O. The molecule has 2 unspecified atom stereocenters. The third-order valence-corrected chi connectivity index (χ3v) is 5.92. The third-order valence-electron chi connectivity index (χ3n) is 5.92. The lowest BCUT2D eigenvalue weighted by molar-refractivity contribution is -0.140. The van der Waals surface area contributed by atoms with Crippen molar-refractivity contribution in [3.05, 3.63) is 45.5 Å². The van der Waals surface area contributed by atoms with Crippen molar-refractivity contribution >= 4 is 23.1 Å². The highest BCUT2D eigenvalue weighted by atomic mass is 16.5. The molecule has 8 nitrogen and oxygen atoms in total. The van der Waals surface area contributed by atoms with Crippen LogP contribution in [0.2, 0.25) is 0 Å². The van der Waals surface area contributed by atoms with Crippen LogP contribution in [0.4, 0.5) is 0 Å². The minimum Gasteiger partial charge on any atom is -0.507 e. The Morgan fingerprint density at radius 1 is 1.31 bits per heavy atom. The number of aliphatic hydroxyl groups excluding tert-OH is 2. The number of ketones is 3. The normalized spacial score (nSPS) is 25.9. The summed E-state index contributed by atoms with van der Waals surface area (Å²) >= 11 is 0. The molecule has 152 valence electrons. The van der Waals surface area contributed by atoms with Crippen LogP contribution in [0, 0.1) is 0 Å². The van der Waals surface area contributed by atoms with E-state index in [-0.39, 0.29) is 34.1 Å². The quantitative estimate of drug-likeness (QED) is 0.590. The first-order valence-electron chi connectivity index (χ1n) is 9.26. The molecule has 8 heteroatoms. The number of Topliss-reactive ketones (excluding diaryl/α,β-unsaturated/α-hetero) is 3. The second-order valence-electron chi connectivity index (χ2n) is 7.55. The van der Waals surface area contributed by atoms with Crippen molar-refractivity contribution in [2.24, 2.45) is 0 Å². The third kappa shape index (κ3) is 2.67. The summed E-state index contributed by atoms with van der Waals surface area (Å²) < 4.78 is 5.45. The molecular formula is C21H20O8. The van der Waals surface area contributed by atoms with E-state index < -0.39 is 41.7 Å². The standard InChI is InChI=1S/C21H20O8/c1-29-14-4-2-3-9-10(14)5-11-17(18(9)25)20(27)12-6-21(28,15(24)8-22)7-13(23)16(12)19(11)26/h5-6,14,22,25-26,28H,2-4,7-8H2,1H3. The highest BCUT2D eigenvalue weighted by molar-refractivity contribution is 6.28. The average molecular weight is 400 g/mol. The van der Waals surface area contributed by atoms with Crippen LogP contribution in [0.1, 0.15) is 52.4 Å². The van der Waals surface area contributed by atoms with Gasteiger partial charge in [-0.15, -0.1) is 0 Å². The number of rotatable bonds is 3. The maximum Gasteiger partial charge on any atom is 0.198 e. The molecular weight excluding hydrogens is 380 g/mol. The van der Waals surface area contributed by atoms with E-state index in [1.807, 2.05) is 0 Å². The van der Waals surface area contributed by atoms with E-state index >= 15 is 0 Å². The van der Waals surface area contributed by atoms with Gasteiger partial charge in [0.15, 0.2) is 23.0 Å². The number of benzene rings is 1. The van der Waals surface area contributed by atoms with Gasteiger partial charge in [0.25, 0.3) is 0 Å². The van der Waals surface area contributed by atoms with E-state index in [4.69, 9.17) is 9.84 Å². The van der Waals surface area contributed by atoms with Gasteiger partial charge in [-0.1, -0.05) is 0 Å². The Labute approximate surface area is 165 Å². The maximum atomic E-state index is 13.2. The average Bonchev–Trinajstić information content (AvgIpc) is 2.70. The van der Waals surface area contributed by atoms with Crippen LogP contribution in [0.15, 0.2) is 23.3 Å². The van der Waals surface area contributed by atoms with Gasteiger partial charge < -0.3 is 25.2 Å². The highest BCUT2D eigenvalue weighted by Gasteiger charge is 2.47. The maximum absolute atomic E-state index is 13.2. The molecule has 0 bridgehead atoms. The zero-order chi connectivity index (χ0) is 21.1. The minimum absolute atomic E-state index is 0.0228. The molecule has 0 aliphatic heterocycles. The van der Waals surface area contributed by atoms with Crippen LogP contribution in [0.25, 0.3) is 5.76 Å². The summed E-state index contributed by atoms with van der Waals surface area (Å²) in [6.07, 6.45) is 1.85. The molecule has 1 aromatic carbocycles. The fraction of sp³-hybridized carbons (Fsp3) is 0.381. The van der Waals surface area contributed by atoms with Crippen LogP contribution in [-0.4, -0.2) is 57.1 Å². The smallest absolute Gasteiger partial charge is 0.198 e. The Balaban J connectivity index is 1.98. The number of carbonyl (C=O) groups is 3. The van der Waals surface area contributed by atoms with E-state index in [1.165, 1.54) is 7.11 Å². The first kappa shape index (κ1) is 19.5. The van der Waals surface area contributed by atoms with Crippen molar-refractivity contribution in [1.29, 1.82) is 0 Å². The lowest BCUT2D eigenvalue weighted by atomic mass is 9.72. The summed E-state index contributed by atoms with van der Waals surface area (Å²) in [5.41, 5.74) is -1.97. The molecule has 3 aliphatic rings.